The van der Waals surface area contributed by atoms with Crippen LogP contribution in [0.1, 0.15) is 16.7 Å². The van der Waals surface area contributed by atoms with E-state index in [1.807, 2.05) is 54.6 Å². The largest absolute Gasteiger partial charge is 0.493 e. The first-order chi connectivity index (χ1) is 12.8. The van der Waals surface area contributed by atoms with Crippen LogP contribution in [0.5, 0.6) is 11.5 Å². The third-order valence-electron chi connectivity index (χ3n) is 4.03. The molecule has 0 fully saturated rings. The fourth-order valence-electron chi connectivity index (χ4n) is 2.74. The molecular weight excluding hydrogens is 381 g/mol. The van der Waals surface area contributed by atoms with Gasteiger partial charge in [-0.2, -0.15) is 0 Å². The van der Waals surface area contributed by atoms with E-state index in [1.54, 1.807) is 13.2 Å². The Morgan fingerprint density at radius 1 is 0.852 bits per heavy atom. The van der Waals surface area contributed by atoms with Gasteiger partial charge in [-0.05, 0) is 17.2 Å². The summed E-state index contributed by atoms with van der Waals surface area (Å²) in [6, 6.07) is 24.0. The maximum atomic E-state index is 6.25. The minimum absolute atomic E-state index is 0. The van der Waals surface area contributed by atoms with Crippen molar-refractivity contribution in [2.24, 2.45) is 0 Å². The molecule has 0 atom stereocenters. The Balaban J connectivity index is 0.00000261. The zero-order valence-corrected chi connectivity index (χ0v) is 16.7. The molecule has 0 aromatic heterocycles. The van der Waals surface area contributed by atoms with E-state index in [2.05, 4.69) is 17.4 Å². The third-order valence-corrected chi connectivity index (χ3v) is 4.25. The Bertz CT molecular complexity index is 826. The molecule has 0 saturated heterocycles. The van der Waals surface area contributed by atoms with E-state index in [1.165, 1.54) is 5.56 Å². The molecule has 3 aromatic carbocycles. The van der Waals surface area contributed by atoms with Crippen LogP contribution >= 0.6 is 24.0 Å². The summed E-state index contributed by atoms with van der Waals surface area (Å²) in [6.07, 6.45) is 0. The second-order valence-corrected chi connectivity index (χ2v) is 6.40. The first kappa shape index (κ1) is 21.1. The van der Waals surface area contributed by atoms with Crippen molar-refractivity contribution in [2.45, 2.75) is 19.7 Å². The molecule has 0 aliphatic carbocycles. The summed E-state index contributed by atoms with van der Waals surface area (Å²) in [7, 11) is 1.63. The highest BCUT2D eigenvalue weighted by molar-refractivity contribution is 6.30. The van der Waals surface area contributed by atoms with E-state index in [0.29, 0.717) is 23.9 Å². The van der Waals surface area contributed by atoms with Crippen molar-refractivity contribution in [3.63, 3.8) is 0 Å². The van der Waals surface area contributed by atoms with E-state index in [0.717, 1.165) is 23.4 Å². The van der Waals surface area contributed by atoms with Gasteiger partial charge in [-0.3, -0.25) is 0 Å². The number of rotatable bonds is 8. The van der Waals surface area contributed by atoms with Crippen molar-refractivity contribution in [1.29, 1.82) is 0 Å². The molecule has 3 aromatic rings. The van der Waals surface area contributed by atoms with Crippen LogP contribution in [0.4, 0.5) is 0 Å². The van der Waals surface area contributed by atoms with Crippen LogP contribution in [0.15, 0.2) is 72.8 Å². The molecule has 3 rings (SSSR count). The molecule has 0 radical (unpaired) electrons. The Morgan fingerprint density at radius 3 is 2.11 bits per heavy atom. The second-order valence-electron chi connectivity index (χ2n) is 5.96. The fraction of sp³-hybridized carbons (Fsp3) is 0.182. The Hall–Kier alpha value is -2.20. The van der Waals surface area contributed by atoms with Crippen LogP contribution < -0.4 is 14.8 Å². The van der Waals surface area contributed by atoms with Gasteiger partial charge in [-0.25, -0.2) is 0 Å². The van der Waals surface area contributed by atoms with Gasteiger partial charge < -0.3 is 14.8 Å². The van der Waals surface area contributed by atoms with Gasteiger partial charge in [-0.15, -0.1) is 12.4 Å². The average Bonchev–Trinajstić information content (AvgIpc) is 2.68. The molecule has 0 unspecified atom stereocenters. The highest BCUT2D eigenvalue weighted by Gasteiger charge is 2.13. The maximum Gasteiger partial charge on any atom is 0.166 e. The van der Waals surface area contributed by atoms with Crippen LogP contribution in [-0.2, 0) is 19.7 Å². The number of benzene rings is 3. The van der Waals surface area contributed by atoms with E-state index >= 15 is 0 Å². The standard InChI is InChI=1S/C22H22ClNO2.ClH/c1-25-21-13-20(23)12-19(15-24-14-17-8-4-2-5-9-17)22(21)26-16-18-10-6-3-7-11-18;/h2-13,24H,14-16H2,1H3;1H. The fourth-order valence-corrected chi connectivity index (χ4v) is 2.97. The molecule has 0 amide bonds. The lowest BCUT2D eigenvalue weighted by Crippen LogP contribution is -2.14. The number of nitrogens with one attached hydrogen (secondary N) is 1. The second kappa shape index (κ2) is 10.8. The number of hydrogen-bond acceptors (Lipinski definition) is 3. The Labute approximate surface area is 171 Å². The summed E-state index contributed by atoms with van der Waals surface area (Å²) in [6.45, 7) is 1.88. The highest BCUT2D eigenvalue weighted by atomic mass is 35.5. The summed E-state index contributed by atoms with van der Waals surface area (Å²) in [5.41, 5.74) is 3.31. The minimum atomic E-state index is 0. The van der Waals surface area contributed by atoms with Crippen molar-refractivity contribution in [3.8, 4) is 11.5 Å². The zero-order chi connectivity index (χ0) is 18.2. The summed E-state index contributed by atoms with van der Waals surface area (Å²) >= 11 is 6.25. The van der Waals surface area contributed by atoms with Gasteiger partial charge >= 0.3 is 0 Å². The van der Waals surface area contributed by atoms with Crippen LogP contribution in [-0.4, -0.2) is 7.11 Å². The quantitative estimate of drug-likeness (QED) is 0.527. The summed E-state index contributed by atoms with van der Waals surface area (Å²) in [4.78, 5) is 0. The average molecular weight is 404 g/mol. The van der Waals surface area contributed by atoms with Crippen molar-refractivity contribution in [3.05, 3.63) is 94.5 Å². The lowest BCUT2D eigenvalue weighted by molar-refractivity contribution is 0.280. The van der Waals surface area contributed by atoms with Crippen LogP contribution in [0, 0.1) is 0 Å². The smallest absolute Gasteiger partial charge is 0.166 e. The minimum Gasteiger partial charge on any atom is -0.493 e. The molecular formula is C22H23Cl2NO2. The van der Waals surface area contributed by atoms with E-state index in [-0.39, 0.29) is 12.4 Å². The van der Waals surface area contributed by atoms with Crippen LogP contribution in [0.2, 0.25) is 5.02 Å². The van der Waals surface area contributed by atoms with E-state index in [9.17, 15) is 0 Å². The summed E-state index contributed by atoms with van der Waals surface area (Å²) in [5.74, 6) is 1.37. The van der Waals surface area contributed by atoms with Gasteiger partial charge in [0.1, 0.15) is 6.61 Å². The molecule has 0 aliphatic heterocycles. The SMILES string of the molecule is COc1cc(Cl)cc(CNCc2ccccc2)c1OCc1ccccc1.Cl. The van der Waals surface area contributed by atoms with Gasteiger partial charge in [0.05, 0.1) is 7.11 Å². The van der Waals surface area contributed by atoms with E-state index in [4.69, 9.17) is 21.1 Å². The van der Waals surface area contributed by atoms with Crippen molar-refractivity contribution in [2.75, 3.05) is 7.11 Å². The van der Waals surface area contributed by atoms with Gasteiger partial charge in [0.15, 0.2) is 11.5 Å². The number of ether oxygens (including phenoxy) is 2. The third kappa shape index (κ3) is 6.17. The summed E-state index contributed by atoms with van der Waals surface area (Å²) in [5, 5.41) is 4.07. The van der Waals surface area contributed by atoms with E-state index < -0.39 is 0 Å². The maximum absolute atomic E-state index is 6.25. The topological polar surface area (TPSA) is 30.5 Å². The van der Waals surface area contributed by atoms with Crippen molar-refractivity contribution < 1.29 is 9.47 Å². The molecule has 1 N–H and O–H groups in total. The molecule has 0 bridgehead atoms. The highest BCUT2D eigenvalue weighted by Crippen LogP contribution is 2.35. The molecule has 142 valence electrons. The molecule has 0 heterocycles. The van der Waals surface area contributed by atoms with Gasteiger partial charge in [0.2, 0.25) is 0 Å². The van der Waals surface area contributed by atoms with Crippen molar-refractivity contribution >= 4 is 24.0 Å². The van der Waals surface area contributed by atoms with Crippen molar-refractivity contribution in [1.82, 2.24) is 5.32 Å². The van der Waals surface area contributed by atoms with Gasteiger partial charge in [0, 0.05) is 29.7 Å². The lowest BCUT2D eigenvalue weighted by Gasteiger charge is -2.16. The van der Waals surface area contributed by atoms with Crippen LogP contribution in [0.25, 0.3) is 0 Å². The molecule has 0 saturated carbocycles. The first-order valence-electron chi connectivity index (χ1n) is 8.54. The van der Waals surface area contributed by atoms with Gasteiger partial charge in [0.25, 0.3) is 0 Å². The summed E-state index contributed by atoms with van der Waals surface area (Å²) < 4.78 is 11.6. The van der Waals surface area contributed by atoms with Crippen LogP contribution in [0.3, 0.4) is 0 Å². The molecule has 27 heavy (non-hydrogen) atoms. The molecule has 3 nitrogen and oxygen atoms in total. The number of hydrogen-bond donors (Lipinski definition) is 1. The number of halogens is 2. The predicted molar refractivity (Wildman–Crippen MR) is 113 cm³/mol. The molecule has 0 spiro atoms. The molecule has 5 heteroatoms. The van der Waals surface area contributed by atoms with Gasteiger partial charge in [-0.1, -0.05) is 72.3 Å². The Morgan fingerprint density at radius 2 is 1.48 bits per heavy atom. The predicted octanol–water partition coefficient (Wildman–Crippen LogP) is 5.64. The first-order valence-corrected chi connectivity index (χ1v) is 8.92. The normalized spacial score (nSPS) is 10.1. The number of methoxy groups -OCH3 is 1. The lowest BCUT2D eigenvalue weighted by atomic mass is 10.1. The molecule has 0 aliphatic rings. The monoisotopic (exact) mass is 403 g/mol. The Kier molecular flexibility index (Phi) is 8.46. The zero-order valence-electron chi connectivity index (χ0n) is 15.2.